The van der Waals surface area contributed by atoms with Crippen LogP contribution in [0.3, 0.4) is 0 Å². The van der Waals surface area contributed by atoms with Crippen LogP contribution in [0.4, 0.5) is 0 Å². The van der Waals surface area contributed by atoms with Crippen molar-refractivity contribution in [2.75, 3.05) is 14.2 Å². The molecule has 0 aliphatic heterocycles. The smallest absolute Gasteiger partial charge is 0.216 e. The summed E-state index contributed by atoms with van der Waals surface area (Å²) in [6, 6.07) is 12.6. The summed E-state index contributed by atoms with van der Waals surface area (Å²) < 4.78 is 17.8. The lowest BCUT2D eigenvalue weighted by atomic mass is 10.2. The van der Waals surface area contributed by atoms with E-state index in [1.807, 2.05) is 30.3 Å². The summed E-state index contributed by atoms with van der Waals surface area (Å²) in [5.74, 6) is 1.71. The highest BCUT2D eigenvalue weighted by molar-refractivity contribution is 7.71. The maximum atomic E-state index is 9.98. The Balaban J connectivity index is 1.83. The molecule has 1 heterocycles. The van der Waals surface area contributed by atoms with Crippen molar-refractivity contribution in [2.24, 2.45) is 5.10 Å². The first kappa shape index (κ1) is 18.5. The fourth-order valence-corrected chi connectivity index (χ4v) is 2.51. The van der Waals surface area contributed by atoms with E-state index < -0.39 is 0 Å². The first-order valence-electron chi connectivity index (χ1n) is 7.96. The maximum absolute atomic E-state index is 9.98. The second-order valence-corrected chi connectivity index (χ2v) is 5.76. The standard InChI is InChI=1S/C18H18N4O4S/c1-24-14-8-12(9-15(25-2)17(14)23)10-19-22-16(20-21-18(22)27)11-26-13-6-4-3-5-7-13/h3-10,23H,11H2,1-2H3,(H,21,27)/b19-10-. The largest absolute Gasteiger partial charge is 0.502 e. The Morgan fingerprint density at radius 3 is 2.48 bits per heavy atom. The van der Waals surface area contributed by atoms with E-state index in [9.17, 15) is 5.11 Å². The number of hydrogen-bond acceptors (Lipinski definition) is 7. The molecule has 0 spiro atoms. The average molecular weight is 386 g/mol. The summed E-state index contributed by atoms with van der Waals surface area (Å²) in [6.07, 6.45) is 1.56. The van der Waals surface area contributed by atoms with Crippen molar-refractivity contribution in [3.63, 3.8) is 0 Å². The number of aromatic amines is 1. The van der Waals surface area contributed by atoms with Gasteiger partial charge in [-0.25, -0.2) is 5.10 Å². The van der Waals surface area contributed by atoms with Gasteiger partial charge in [-0.15, -0.1) is 0 Å². The number of benzene rings is 2. The van der Waals surface area contributed by atoms with Crippen molar-refractivity contribution < 1.29 is 19.3 Å². The summed E-state index contributed by atoms with van der Waals surface area (Å²) in [5, 5.41) is 21.2. The van der Waals surface area contributed by atoms with Gasteiger partial charge in [-0.1, -0.05) is 18.2 Å². The number of aromatic hydroxyl groups is 1. The van der Waals surface area contributed by atoms with Crippen molar-refractivity contribution in [3.8, 4) is 23.0 Å². The van der Waals surface area contributed by atoms with E-state index in [2.05, 4.69) is 15.3 Å². The van der Waals surface area contributed by atoms with E-state index in [-0.39, 0.29) is 23.9 Å². The molecule has 9 heteroatoms. The van der Waals surface area contributed by atoms with Crippen molar-refractivity contribution in [2.45, 2.75) is 6.61 Å². The van der Waals surface area contributed by atoms with Gasteiger partial charge in [0.05, 0.1) is 20.4 Å². The molecule has 8 nitrogen and oxygen atoms in total. The molecule has 0 saturated carbocycles. The molecule has 0 unspecified atom stereocenters. The molecule has 140 valence electrons. The third kappa shape index (κ3) is 4.26. The molecule has 27 heavy (non-hydrogen) atoms. The Kier molecular flexibility index (Phi) is 5.72. The van der Waals surface area contributed by atoms with E-state index in [4.69, 9.17) is 26.4 Å². The van der Waals surface area contributed by atoms with E-state index in [0.29, 0.717) is 16.2 Å². The van der Waals surface area contributed by atoms with Crippen LogP contribution < -0.4 is 14.2 Å². The molecule has 3 rings (SSSR count). The summed E-state index contributed by atoms with van der Waals surface area (Å²) in [6.45, 7) is 0.191. The number of para-hydroxylation sites is 1. The zero-order chi connectivity index (χ0) is 19.2. The number of H-pyrrole nitrogens is 1. The van der Waals surface area contributed by atoms with Crippen LogP contribution in [0.15, 0.2) is 47.6 Å². The molecule has 0 aliphatic carbocycles. The number of phenols is 1. The van der Waals surface area contributed by atoms with Crippen LogP contribution in [0.25, 0.3) is 0 Å². The zero-order valence-electron chi connectivity index (χ0n) is 14.7. The number of ether oxygens (including phenoxy) is 3. The topological polar surface area (TPSA) is 93.9 Å². The Bertz CT molecular complexity index is 973. The number of rotatable bonds is 7. The highest BCUT2D eigenvalue weighted by atomic mass is 32.1. The van der Waals surface area contributed by atoms with Crippen LogP contribution in [-0.4, -0.2) is 40.4 Å². The number of aromatic nitrogens is 3. The van der Waals surface area contributed by atoms with Crippen LogP contribution >= 0.6 is 12.2 Å². The first-order chi connectivity index (χ1) is 13.1. The second-order valence-electron chi connectivity index (χ2n) is 5.38. The molecule has 0 amide bonds. The zero-order valence-corrected chi connectivity index (χ0v) is 15.6. The van der Waals surface area contributed by atoms with Crippen LogP contribution in [-0.2, 0) is 6.61 Å². The van der Waals surface area contributed by atoms with Gasteiger partial charge in [-0.3, -0.25) is 0 Å². The fraction of sp³-hybridized carbons (Fsp3) is 0.167. The number of methoxy groups -OCH3 is 2. The van der Waals surface area contributed by atoms with Crippen molar-refractivity contribution >= 4 is 18.4 Å². The van der Waals surface area contributed by atoms with Crippen LogP contribution in [0.2, 0.25) is 0 Å². The van der Waals surface area contributed by atoms with Gasteiger partial charge < -0.3 is 19.3 Å². The quantitative estimate of drug-likeness (QED) is 0.479. The highest BCUT2D eigenvalue weighted by Crippen LogP contribution is 2.36. The third-order valence-corrected chi connectivity index (χ3v) is 3.92. The van der Waals surface area contributed by atoms with E-state index in [0.717, 1.165) is 5.75 Å². The average Bonchev–Trinajstić information content (AvgIpc) is 3.05. The molecule has 2 aromatic carbocycles. The minimum atomic E-state index is -0.0750. The Morgan fingerprint density at radius 1 is 1.19 bits per heavy atom. The SMILES string of the molecule is COc1cc(/C=N\n2c(COc3ccccc3)n[nH]c2=S)cc(OC)c1O. The molecule has 0 fully saturated rings. The van der Waals surface area contributed by atoms with Crippen molar-refractivity contribution in [1.82, 2.24) is 14.9 Å². The summed E-state index contributed by atoms with van der Waals surface area (Å²) >= 11 is 5.22. The monoisotopic (exact) mass is 386 g/mol. The number of phenolic OH excluding ortho intramolecular Hbond substituents is 1. The predicted octanol–water partition coefficient (Wildman–Crippen LogP) is 3.12. The Labute approximate surface area is 160 Å². The van der Waals surface area contributed by atoms with Crippen molar-refractivity contribution in [1.29, 1.82) is 0 Å². The number of nitrogens with one attached hydrogen (secondary N) is 1. The van der Waals surface area contributed by atoms with E-state index in [1.165, 1.54) is 18.9 Å². The molecule has 0 aliphatic rings. The minimum Gasteiger partial charge on any atom is -0.502 e. The van der Waals surface area contributed by atoms with Crippen LogP contribution in [0.1, 0.15) is 11.4 Å². The highest BCUT2D eigenvalue weighted by Gasteiger charge is 2.11. The van der Waals surface area contributed by atoms with Gasteiger partial charge in [0.2, 0.25) is 10.5 Å². The lowest BCUT2D eigenvalue weighted by molar-refractivity contribution is 0.290. The molecule has 2 N–H and O–H groups in total. The van der Waals surface area contributed by atoms with Gasteiger partial charge in [0.15, 0.2) is 17.3 Å². The van der Waals surface area contributed by atoms with Crippen LogP contribution in [0.5, 0.6) is 23.0 Å². The van der Waals surface area contributed by atoms with Gasteiger partial charge in [0.1, 0.15) is 12.4 Å². The van der Waals surface area contributed by atoms with Crippen molar-refractivity contribution in [3.05, 3.63) is 58.6 Å². The molecule has 1 aromatic heterocycles. The predicted molar refractivity (Wildman–Crippen MR) is 102 cm³/mol. The summed E-state index contributed by atoms with van der Waals surface area (Å²) in [7, 11) is 2.92. The lowest BCUT2D eigenvalue weighted by Gasteiger charge is -2.09. The second kappa shape index (κ2) is 8.37. The van der Waals surface area contributed by atoms with Gasteiger partial charge in [-0.2, -0.15) is 14.9 Å². The normalized spacial score (nSPS) is 10.9. The molecule has 0 bridgehead atoms. The minimum absolute atomic E-state index is 0.0750. The maximum Gasteiger partial charge on any atom is 0.216 e. The molecule has 3 aromatic rings. The van der Waals surface area contributed by atoms with E-state index in [1.54, 1.807) is 18.3 Å². The summed E-state index contributed by atoms with van der Waals surface area (Å²) in [5.41, 5.74) is 0.652. The first-order valence-corrected chi connectivity index (χ1v) is 8.36. The fourth-order valence-electron chi connectivity index (χ4n) is 2.31. The van der Waals surface area contributed by atoms with Crippen LogP contribution in [0, 0.1) is 4.77 Å². The van der Waals surface area contributed by atoms with E-state index >= 15 is 0 Å². The van der Waals surface area contributed by atoms with Gasteiger partial charge >= 0.3 is 0 Å². The summed E-state index contributed by atoms with van der Waals surface area (Å²) in [4.78, 5) is 0. The number of hydrogen-bond donors (Lipinski definition) is 2. The Hall–Kier alpha value is -3.33. The van der Waals surface area contributed by atoms with Gasteiger partial charge in [-0.05, 0) is 36.5 Å². The molecular formula is C18H18N4O4S. The molecule has 0 atom stereocenters. The third-order valence-electron chi connectivity index (χ3n) is 3.65. The molecule has 0 saturated heterocycles. The molecule has 0 radical (unpaired) electrons. The van der Waals surface area contributed by atoms with Gasteiger partial charge in [0, 0.05) is 5.56 Å². The lowest BCUT2D eigenvalue weighted by Crippen LogP contribution is -2.04. The molecular weight excluding hydrogens is 368 g/mol. The number of nitrogens with zero attached hydrogens (tertiary/aromatic N) is 3. The van der Waals surface area contributed by atoms with Gasteiger partial charge in [0.25, 0.3) is 0 Å². The Morgan fingerprint density at radius 2 is 1.85 bits per heavy atom.